The van der Waals surface area contributed by atoms with Crippen LogP contribution in [0.5, 0.6) is 0 Å². The lowest BCUT2D eigenvalue weighted by atomic mass is 10.0. The van der Waals surface area contributed by atoms with E-state index in [-0.39, 0.29) is 0 Å². The molecule has 86 valence electrons. The van der Waals surface area contributed by atoms with Gasteiger partial charge in [0.2, 0.25) is 0 Å². The zero-order chi connectivity index (χ0) is 10.8. The van der Waals surface area contributed by atoms with Crippen LogP contribution >= 0.6 is 0 Å². The van der Waals surface area contributed by atoms with E-state index in [0.29, 0.717) is 0 Å². The van der Waals surface area contributed by atoms with Crippen molar-refractivity contribution in [2.24, 2.45) is 0 Å². The molecule has 0 saturated heterocycles. The minimum absolute atomic E-state index is 0.826. The van der Waals surface area contributed by atoms with Gasteiger partial charge in [0.1, 0.15) is 0 Å². The summed E-state index contributed by atoms with van der Waals surface area (Å²) in [7, 11) is 4.44. The topological polar surface area (TPSA) is 3.24 Å². The Morgan fingerprint density at radius 3 is 1.86 bits per heavy atom. The van der Waals surface area contributed by atoms with Crippen molar-refractivity contribution in [2.75, 3.05) is 14.1 Å². The Morgan fingerprint density at radius 1 is 0.786 bits per heavy atom. The number of rotatable bonds is 9. The molecule has 1 nitrogen and oxygen atoms in total. The molecule has 14 heavy (non-hydrogen) atoms. The van der Waals surface area contributed by atoms with Crippen LogP contribution in [0.1, 0.15) is 65.2 Å². The molecular formula is C13H29N. The molecule has 0 aromatic rings. The predicted molar refractivity (Wildman–Crippen MR) is 65.8 cm³/mol. The molecule has 0 amide bonds. The average molecular weight is 199 g/mol. The lowest BCUT2D eigenvalue weighted by Crippen LogP contribution is -2.27. The van der Waals surface area contributed by atoms with E-state index >= 15 is 0 Å². The Balaban J connectivity index is 3.52. The number of hydrogen-bond acceptors (Lipinski definition) is 1. The van der Waals surface area contributed by atoms with Gasteiger partial charge in [-0.1, -0.05) is 52.4 Å². The van der Waals surface area contributed by atoms with E-state index in [4.69, 9.17) is 0 Å². The molecular weight excluding hydrogens is 170 g/mol. The van der Waals surface area contributed by atoms with E-state index < -0.39 is 0 Å². The van der Waals surface area contributed by atoms with E-state index in [9.17, 15) is 0 Å². The summed E-state index contributed by atoms with van der Waals surface area (Å²) >= 11 is 0. The number of hydrogen-bond donors (Lipinski definition) is 0. The van der Waals surface area contributed by atoms with Gasteiger partial charge in [-0.15, -0.1) is 0 Å². The zero-order valence-corrected chi connectivity index (χ0v) is 10.7. The largest absolute Gasteiger partial charge is 0.306 e. The van der Waals surface area contributed by atoms with Crippen molar-refractivity contribution in [1.29, 1.82) is 0 Å². The Bertz CT molecular complexity index is 110. The van der Waals surface area contributed by atoms with Crippen LogP contribution in [-0.2, 0) is 0 Å². The third-order valence-electron chi connectivity index (χ3n) is 3.01. The molecule has 0 rings (SSSR count). The minimum Gasteiger partial charge on any atom is -0.306 e. The fourth-order valence-electron chi connectivity index (χ4n) is 1.91. The van der Waals surface area contributed by atoms with E-state index in [1.165, 1.54) is 51.4 Å². The third-order valence-corrected chi connectivity index (χ3v) is 3.01. The summed E-state index contributed by atoms with van der Waals surface area (Å²) in [6.07, 6.45) is 11.1. The van der Waals surface area contributed by atoms with Gasteiger partial charge in [-0.25, -0.2) is 0 Å². The highest BCUT2D eigenvalue weighted by Crippen LogP contribution is 2.14. The molecule has 0 fully saturated rings. The molecule has 0 saturated carbocycles. The van der Waals surface area contributed by atoms with Crippen molar-refractivity contribution in [1.82, 2.24) is 4.90 Å². The van der Waals surface area contributed by atoms with E-state index in [1.807, 2.05) is 0 Å². The van der Waals surface area contributed by atoms with Crippen molar-refractivity contribution in [3.8, 4) is 0 Å². The Labute approximate surface area is 90.9 Å². The maximum atomic E-state index is 2.40. The fraction of sp³-hybridized carbons (Fsp3) is 1.00. The molecule has 0 aromatic carbocycles. The lowest BCUT2D eigenvalue weighted by Gasteiger charge is -2.24. The van der Waals surface area contributed by atoms with Crippen LogP contribution in [0, 0.1) is 0 Å². The third kappa shape index (κ3) is 7.37. The van der Waals surface area contributed by atoms with Gasteiger partial charge in [-0.2, -0.15) is 0 Å². The summed E-state index contributed by atoms with van der Waals surface area (Å²) in [5, 5.41) is 0. The van der Waals surface area contributed by atoms with Gasteiger partial charge in [0.15, 0.2) is 0 Å². The Hall–Kier alpha value is -0.0400. The van der Waals surface area contributed by atoms with E-state index in [0.717, 1.165) is 6.04 Å². The van der Waals surface area contributed by atoms with Crippen LogP contribution in [0.4, 0.5) is 0 Å². The molecule has 0 radical (unpaired) electrons. The highest BCUT2D eigenvalue weighted by Gasteiger charge is 2.09. The fourth-order valence-corrected chi connectivity index (χ4v) is 1.91. The van der Waals surface area contributed by atoms with Crippen LogP contribution in [0.15, 0.2) is 0 Å². The standard InChI is InChI=1S/C13H29N/c1-5-7-9-10-12-13(14(3)4)11-8-6-2/h13H,5-12H2,1-4H3. The second kappa shape index (κ2) is 9.51. The first-order valence-corrected chi connectivity index (χ1v) is 6.38. The van der Waals surface area contributed by atoms with Crippen LogP contribution < -0.4 is 0 Å². The van der Waals surface area contributed by atoms with Crippen LogP contribution in [0.3, 0.4) is 0 Å². The SMILES string of the molecule is CCCCCCC(CCCC)N(C)C. The Morgan fingerprint density at radius 2 is 1.36 bits per heavy atom. The van der Waals surface area contributed by atoms with Gasteiger partial charge in [-0.3, -0.25) is 0 Å². The zero-order valence-electron chi connectivity index (χ0n) is 10.7. The maximum absolute atomic E-state index is 2.40. The summed E-state index contributed by atoms with van der Waals surface area (Å²) in [5.41, 5.74) is 0. The van der Waals surface area contributed by atoms with Gasteiger partial charge in [0.05, 0.1) is 0 Å². The van der Waals surface area contributed by atoms with E-state index in [1.54, 1.807) is 0 Å². The van der Waals surface area contributed by atoms with Gasteiger partial charge in [0.25, 0.3) is 0 Å². The Kier molecular flexibility index (Phi) is 9.49. The summed E-state index contributed by atoms with van der Waals surface area (Å²) < 4.78 is 0. The van der Waals surface area contributed by atoms with E-state index in [2.05, 4.69) is 32.8 Å². The molecule has 0 heterocycles. The van der Waals surface area contributed by atoms with Gasteiger partial charge in [-0.05, 0) is 26.9 Å². The molecule has 0 aliphatic rings. The quantitative estimate of drug-likeness (QED) is 0.506. The maximum Gasteiger partial charge on any atom is 0.00891 e. The van der Waals surface area contributed by atoms with Gasteiger partial charge < -0.3 is 4.90 Å². The van der Waals surface area contributed by atoms with Crippen molar-refractivity contribution < 1.29 is 0 Å². The molecule has 1 heteroatoms. The number of unbranched alkanes of at least 4 members (excludes halogenated alkanes) is 4. The van der Waals surface area contributed by atoms with Crippen molar-refractivity contribution in [3.05, 3.63) is 0 Å². The van der Waals surface area contributed by atoms with Crippen LogP contribution in [0.25, 0.3) is 0 Å². The van der Waals surface area contributed by atoms with Gasteiger partial charge in [0, 0.05) is 6.04 Å². The summed E-state index contributed by atoms with van der Waals surface area (Å²) in [6.45, 7) is 4.56. The molecule has 0 N–H and O–H groups in total. The second-order valence-electron chi connectivity index (χ2n) is 4.61. The monoisotopic (exact) mass is 199 g/mol. The number of nitrogens with zero attached hydrogens (tertiary/aromatic N) is 1. The minimum atomic E-state index is 0.826. The molecule has 0 spiro atoms. The molecule has 0 aromatic heterocycles. The first-order valence-electron chi connectivity index (χ1n) is 6.38. The highest BCUT2D eigenvalue weighted by molar-refractivity contribution is 4.66. The molecule has 1 atom stereocenters. The summed E-state index contributed by atoms with van der Waals surface area (Å²) in [6, 6.07) is 0.826. The first-order chi connectivity index (χ1) is 6.72. The first kappa shape index (κ1) is 14.0. The molecule has 0 aliphatic carbocycles. The predicted octanol–water partition coefficient (Wildman–Crippen LogP) is 4.08. The molecule has 1 unspecified atom stereocenters. The van der Waals surface area contributed by atoms with Crippen LogP contribution in [0.2, 0.25) is 0 Å². The normalized spacial score (nSPS) is 13.5. The smallest absolute Gasteiger partial charge is 0.00891 e. The van der Waals surface area contributed by atoms with Crippen molar-refractivity contribution in [3.63, 3.8) is 0 Å². The lowest BCUT2D eigenvalue weighted by molar-refractivity contribution is 0.253. The molecule has 0 aliphatic heterocycles. The van der Waals surface area contributed by atoms with Gasteiger partial charge >= 0.3 is 0 Å². The molecule has 0 bridgehead atoms. The van der Waals surface area contributed by atoms with Crippen molar-refractivity contribution in [2.45, 2.75) is 71.3 Å². The van der Waals surface area contributed by atoms with Crippen LogP contribution in [-0.4, -0.2) is 25.0 Å². The average Bonchev–Trinajstić information content (AvgIpc) is 2.16. The summed E-state index contributed by atoms with van der Waals surface area (Å²) in [4.78, 5) is 2.40. The summed E-state index contributed by atoms with van der Waals surface area (Å²) in [5.74, 6) is 0. The second-order valence-corrected chi connectivity index (χ2v) is 4.61. The van der Waals surface area contributed by atoms with Crippen molar-refractivity contribution >= 4 is 0 Å². The highest BCUT2D eigenvalue weighted by atomic mass is 15.1.